The summed E-state index contributed by atoms with van der Waals surface area (Å²) in [6, 6.07) is 9.84. The molecular weight excluding hydrogens is 398 g/mol. The highest BCUT2D eigenvalue weighted by atomic mass is 32.1. The number of hydrazone groups is 2. The predicted octanol–water partition coefficient (Wildman–Crippen LogP) is 4.32. The maximum Gasteiger partial charge on any atom is 0.303 e. The van der Waals surface area contributed by atoms with Crippen LogP contribution in [0.15, 0.2) is 69.5 Å². The van der Waals surface area contributed by atoms with Crippen molar-refractivity contribution in [3.05, 3.63) is 59.3 Å². The summed E-state index contributed by atoms with van der Waals surface area (Å²) in [5.41, 5.74) is 6.37. The van der Waals surface area contributed by atoms with Gasteiger partial charge in [0.2, 0.25) is 5.13 Å². The van der Waals surface area contributed by atoms with Gasteiger partial charge in [-0.1, -0.05) is 43.3 Å². The van der Waals surface area contributed by atoms with Crippen LogP contribution in [0.4, 0.5) is 5.13 Å². The van der Waals surface area contributed by atoms with Crippen molar-refractivity contribution in [1.82, 2.24) is 10.4 Å². The van der Waals surface area contributed by atoms with Crippen molar-refractivity contribution in [1.29, 1.82) is 0 Å². The van der Waals surface area contributed by atoms with Crippen LogP contribution in [0.1, 0.15) is 27.2 Å². The number of thiazole rings is 1. The molecule has 2 aromatic rings. The van der Waals surface area contributed by atoms with Gasteiger partial charge in [-0.2, -0.15) is 15.2 Å². The van der Waals surface area contributed by atoms with Crippen molar-refractivity contribution >= 4 is 33.8 Å². The van der Waals surface area contributed by atoms with Crippen LogP contribution >= 0.6 is 11.3 Å². The molecular formula is C22H23N5O2S. The maximum atomic E-state index is 12.9. The molecule has 154 valence electrons. The van der Waals surface area contributed by atoms with Crippen LogP contribution in [0.2, 0.25) is 0 Å². The molecule has 0 bridgehead atoms. The van der Waals surface area contributed by atoms with Crippen molar-refractivity contribution in [3.63, 3.8) is 0 Å². The standard InChI is InChI=1S/C22H23N5O2S/c1-4-29-19-12-14(2)10-11-17(19)24-25-20-15(3)26-27(21(20)28)22-23-18(13-30-22)16-8-6-5-7-9-16/h5-11,13-14,24H,4,12H2,1-3H3/b25-20+. The van der Waals surface area contributed by atoms with Gasteiger partial charge in [-0.25, -0.2) is 4.98 Å². The van der Waals surface area contributed by atoms with Crippen LogP contribution in [-0.2, 0) is 9.53 Å². The van der Waals surface area contributed by atoms with Gasteiger partial charge >= 0.3 is 5.91 Å². The van der Waals surface area contributed by atoms with Crippen molar-refractivity contribution in [3.8, 4) is 11.3 Å². The van der Waals surface area contributed by atoms with E-state index in [9.17, 15) is 4.79 Å². The number of hydrogen-bond acceptors (Lipinski definition) is 7. The Balaban J connectivity index is 1.53. The Morgan fingerprint density at radius 1 is 1.33 bits per heavy atom. The van der Waals surface area contributed by atoms with Gasteiger partial charge in [0.1, 0.15) is 5.76 Å². The van der Waals surface area contributed by atoms with Gasteiger partial charge in [0.25, 0.3) is 0 Å². The molecule has 0 saturated carbocycles. The fourth-order valence-electron chi connectivity index (χ4n) is 3.21. The Morgan fingerprint density at radius 3 is 2.90 bits per heavy atom. The highest BCUT2D eigenvalue weighted by Gasteiger charge is 2.33. The Bertz CT molecular complexity index is 1070. The summed E-state index contributed by atoms with van der Waals surface area (Å²) >= 11 is 1.37. The zero-order valence-corrected chi connectivity index (χ0v) is 17.9. The molecule has 0 saturated heterocycles. The summed E-state index contributed by atoms with van der Waals surface area (Å²) < 4.78 is 5.73. The molecule has 2 heterocycles. The lowest BCUT2D eigenvalue weighted by Gasteiger charge is -2.19. The number of nitrogens with zero attached hydrogens (tertiary/aromatic N) is 4. The highest BCUT2D eigenvalue weighted by molar-refractivity contribution is 7.14. The number of aromatic nitrogens is 1. The molecule has 1 aliphatic carbocycles. The Labute approximate surface area is 179 Å². The second-order valence-electron chi connectivity index (χ2n) is 7.07. The molecule has 4 rings (SSSR count). The highest BCUT2D eigenvalue weighted by Crippen LogP contribution is 2.29. The SMILES string of the molecule is CCOC1=C(N/N=C2/C(=O)N(c3nc(-c4ccccc4)cs3)N=C2C)C=CC(C)C1. The number of rotatable bonds is 6. The van der Waals surface area contributed by atoms with Gasteiger partial charge in [-0.05, 0) is 25.8 Å². The van der Waals surface area contributed by atoms with Gasteiger partial charge in [-0.15, -0.1) is 11.3 Å². The molecule has 1 unspecified atom stereocenters. The van der Waals surface area contributed by atoms with Gasteiger partial charge in [0.05, 0.1) is 23.7 Å². The van der Waals surface area contributed by atoms with Gasteiger partial charge < -0.3 is 4.74 Å². The average Bonchev–Trinajstić information content (AvgIpc) is 3.34. The summed E-state index contributed by atoms with van der Waals surface area (Å²) in [5.74, 6) is 0.946. The lowest BCUT2D eigenvalue weighted by molar-refractivity contribution is -0.112. The first-order valence-electron chi connectivity index (χ1n) is 9.85. The number of ether oxygens (including phenoxy) is 1. The van der Waals surface area contributed by atoms with Crippen LogP contribution in [0.3, 0.4) is 0 Å². The molecule has 1 aliphatic heterocycles. The monoisotopic (exact) mass is 421 g/mol. The Kier molecular flexibility index (Phi) is 5.76. The minimum absolute atomic E-state index is 0.266. The number of carbonyl (C=O) groups excluding carboxylic acids is 1. The molecule has 1 aromatic carbocycles. The Morgan fingerprint density at radius 2 is 2.13 bits per heavy atom. The van der Waals surface area contributed by atoms with Crippen molar-refractivity contribution in [2.24, 2.45) is 16.1 Å². The van der Waals surface area contributed by atoms with Crippen LogP contribution in [-0.4, -0.2) is 28.9 Å². The van der Waals surface area contributed by atoms with E-state index in [0.29, 0.717) is 23.4 Å². The predicted molar refractivity (Wildman–Crippen MR) is 120 cm³/mol. The van der Waals surface area contributed by atoms with E-state index >= 15 is 0 Å². The molecule has 1 N–H and O–H groups in total. The molecule has 0 spiro atoms. The number of hydrogen-bond donors (Lipinski definition) is 1. The summed E-state index contributed by atoms with van der Waals surface area (Å²) in [6.07, 6.45) is 4.83. The first-order chi connectivity index (χ1) is 14.6. The van der Waals surface area contributed by atoms with Crippen LogP contribution < -0.4 is 10.4 Å². The Hall–Kier alpha value is -3.26. The van der Waals surface area contributed by atoms with E-state index in [1.165, 1.54) is 16.3 Å². The molecule has 30 heavy (non-hydrogen) atoms. The second kappa shape index (κ2) is 8.62. The minimum Gasteiger partial charge on any atom is -0.496 e. The number of allylic oxidation sites excluding steroid dienone is 3. The number of anilines is 1. The first-order valence-corrected chi connectivity index (χ1v) is 10.7. The van der Waals surface area contributed by atoms with E-state index in [0.717, 1.165) is 29.1 Å². The van der Waals surface area contributed by atoms with Gasteiger partial charge in [-0.3, -0.25) is 10.2 Å². The zero-order valence-electron chi connectivity index (χ0n) is 17.1. The molecule has 0 radical (unpaired) electrons. The van der Waals surface area contributed by atoms with E-state index in [-0.39, 0.29) is 11.6 Å². The maximum absolute atomic E-state index is 12.9. The van der Waals surface area contributed by atoms with Crippen molar-refractivity contribution in [2.75, 3.05) is 11.6 Å². The normalized spacial score (nSPS) is 20.2. The molecule has 8 heteroatoms. The zero-order chi connectivity index (χ0) is 21.1. The van der Waals surface area contributed by atoms with E-state index in [1.54, 1.807) is 6.92 Å². The quantitative estimate of drug-likeness (QED) is 0.705. The molecule has 1 amide bonds. The van der Waals surface area contributed by atoms with Crippen LogP contribution in [0.25, 0.3) is 11.3 Å². The average molecular weight is 422 g/mol. The van der Waals surface area contributed by atoms with Crippen LogP contribution in [0, 0.1) is 5.92 Å². The molecule has 0 fully saturated rings. The van der Waals surface area contributed by atoms with E-state index < -0.39 is 0 Å². The third-order valence-corrected chi connectivity index (χ3v) is 5.55. The summed E-state index contributed by atoms with van der Waals surface area (Å²) in [5, 5.41) is 12.5. The third-order valence-electron chi connectivity index (χ3n) is 4.74. The number of amides is 1. The number of carbonyl (C=O) groups is 1. The smallest absolute Gasteiger partial charge is 0.303 e. The third kappa shape index (κ3) is 4.04. The van der Waals surface area contributed by atoms with Crippen molar-refractivity contribution in [2.45, 2.75) is 27.2 Å². The summed E-state index contributed by atoms with van der Waals surface area (Å²) in [7, 11) is 0. The largest absolute Gasteiger partial charge is 0.496 e. The second-order valence-corrected chi connectivity index (χ2v) is 7.90. The van der Waals surface area contributed by atoms with E-state index in [2.05, 4.69) is 33.6 Å². The first kappa shape index (κ1) is 20.0. The van der Waals surface area contributed by atoms with Crippen LogP contribution in [0.5, 0.6) is 0 Å². The lowest BCUT2D eigenvalue weighted by Crippen LogP contribution is -2.29. The summed E-state index contributed by atoms with van der Waals surface area (Å²) in [6.45, 7) is 6.43. The summed E-state index contributed by atoms with van der Waals surface area (Å²) in [4.78, 5) is 17.5. The molecule has 1 aromatic heterocycles. The molecule has 1 atom stereocenters. The number of benzene rings is 1. The van der Waals surface area contributed by atoms with Gasteiger partial charge in [0.15, 0.2) is 5.71 Å². The lowest BCUT2D eigenvalue weighted by atomic mass is 10.00. The molecule has 7 nitrogen and oxygen atoms in total. The topological polar surface area (TPSA) is 79.2 Å². The fraction of sp³-hybridized carbons (Fsp3) is 0.273. The fourth-order valence-corrected chi connectivity index (χ4v) is 3.99. The number of nitrogens with one attached hydrogen (secondary N) is 1. The van der Waals surface area contributed by atoms with E-state index in [4.69, 9.17) is 4.74 Å². The van der Waals surface area contributed by atoms with E-state index in [1.807, 2.05) is 48.7 Å². The minimum atomic E-state index is -0.305. The molecule has 2 aliphatic rings. The van der Waals surface area contributed by atoms with Crippen molar-refractivity contribution < 1.29 is 9.53 Å². The van der Waals surface area contributed by atoms with Gasteiger partial charge in [0, 0.05) is 17.4 Å².